The van der Waals surface area contributed by atoms with Crippen molar-refractivity contribution in [3.8, 4) is 0 Å². The zero-order chi connectivity index (χ0) is 14.7. The van der Waals surface area contributed by atoms with Crippen LogP contribution in [0.1, 0.15) is 57.3 Å². The lowest BCUT2D eigenvalue weighted by Gasteiger charge is -2.31. The van der Waals surface area contributed by atoms with Crippen molar-refractivity contribution in [1.82, 2.24) is 5.32 Å². The van der Waals surface area contributed by atoms with Gasteiger partial charge in [0.05, 0.1) is 0 Å². The zero-order valence-corrected chi connectivity index (χ0v) is 13.3. The molecule has 1 saturated carbocycles. The quantitative estimate of drug-likeness (QED) is 0.831. The van der Waals surface area contributed by atoms with Gasteiger partial charge in [0.1, 0.15) is 11.3 Å². The summed E-state index contributed by atoms with van der Waals surface area (Å²) in [6.45, 7) is 5.45. The van der Waals surface area contributed by atoms with Crippen LogP contribution in [0.3, 0.4) is 0 Å². The van der Waals surface area contributed by atoms with Crippen molar-refractivity contribution in [2.45, 2.75) is 65.0 Å². The van der Waals surface area contributed by atoms with E-state index >= 15 is 0 Å². The van der Waals surface area contributed by atoms with Crippen molar-refractivity contribution < 1.29 is 4.42 Å². The topological polar surface area (TPSA) is 25.2 Å². The Hall–Kier alpha value is -1.28. The molecule has 1 fully saturated rings. The van der Waals surface area contributed by atoms with Gasteiger partial charge >= 0.3 is 0 Å². The van der Waals surface area contributed by atoms with Gasteiger partial charge in [-0.1, -0.05) is 51.3 Å². The molecule has 1 aromatic heterocycles. The maximum Gasteiger partial charge on any atom is 0.134 e. The molecule has 21 heavy (non-hydrogen) atoms. The van der Waals surface area contributed by atoms with Crippen LogP contribution in [0.15, 0.2) is 28.7 Å². The summed E-state index contributed by atoms with van der Waals surface area (Å²) in [6.07, 6.45) is 7.77. The van der Waals surface area contributed by atoms with Gasteiger partial charge in [-0.2, -0.15) is 0 Å². The molecule has 2 nitrogen and oxygen atoms in total. The third-order valence-corrected chi connectivity index (χ3v) is 5.08. The van der Waals surface area contributed by atoms with Crippen LogP contribution in [0.5, 0.6) is 0 Å². The number of hydrogen-bond donors (Lipinski definition) is 1. The molecule has 0 amide bonds. The highest BCUT2D eigenvalue weighted by molar-refractivity contribution is 5.82. The van der Waals surface area contributed by atoms with Crippen LogP contribution in [0.25, 0.3) is 11.0 Å². The summed E-state index contributed by atoms with van der Waals surface area (Å²) in [5.74, 6) is 1.99. The molecule has 0 bridgehead atoms. The van der Waals surface area contributed by atoms with Gasteiger partial charge in [0, 0.05) is 30.0 Å². The fourth-order valence-electron chi connectivity index (χ4n) is 3.83. The molecule has 2 unspecified atom stereocenters. The maximum atomic E-state index is 6.00. The van der Waals surface area contributed by atoms with E-state index in [1.54, 1.807) is 0 Å². The van der Waals surface area contributed by atoms with Gasteiger partial charge in [-0.05, 0) is 24.8 Å². The summed E-state index contributed by atoms with van der Waals surface area (Å²) in [4.78, 5) is 0. The fraction of sp³-hybridized carbons (Fsp3) is 0.579. The molecule has 1 N–H and O–H groups in total. The highest BCUT2D eigenvalue weighted by Gasteiger charge is 2.23. The second-order valence-electron chi connectivity index (χ2n) is 6.29. The van der Waals surface area contributed by atoms with Crippen molar-refractivity contribution in [3.05, 3.63) is 35.6 Å². The first-order valence-corrected chi connectivity index (χ1v) is 8.56. The van der Waals surface area contributed by atoms with Crippen LogP contribution >= 0.6 is 0 Å². The Kier molecular flexibility index (Phi) is 4.64. The van der Waals surface area contributed by atoms with Gasteiger partial charge in [0.25, 0.3) is 0 Å². The molecule has 1 aliphatic carbocycles. The summed E-state index contributed by atoms with van der Waals surface area (Å²) in [6, 6.07) is 9.11. The summed E-state index contributed by atoms with van der Waals surface area (Å²) < 4.78 is 6.00. The number of nitrogens with one attached hydrogen (secondary N) is 1. The lowest BCUT2D eigenvalue weighted by Crippen LogP contribution is -2.37. The van der Waals surface area contributed by atoms with Crippen molar-refractivity contribution in [2.75, 3.05) is 0 Å². The number of benzene rings is 1. The predicted molar refractivity (Wildman–Crippen MR) is 88.5 cm³/mol. The second kappa shape index (κ2) is 6.65. The van der Waals surface area contributed by atoms with Gasteiger partial charge in [-0.3, -0.25) is 0 Å². The average molecular weight is 285 g/mol. The van der Waals surface area contributed by atoms with Crippen LogP contribution in [0, 0.1) is 5.92 Å². The van der Waals surface area contributed by atoms with E-state index in [9.17, 15) is 0 Å². The number of furan rings is 1. The highest BCUT2D eigenvalue weighted by Crippen LogP contribution is 2.29. The van der Waals surface area contributed by atoms with Crippen LogP contribution in [-0.4, -0.2) is 6.04 Å². The molecule has 2 aromatic rings. The Bertz CT molecular complexity index is 586. The van der Waals surface area contributed by atoms with Crippen LogP contribution in [-0.2, 0) is 13.0 Å². The molecule has 0 spiro atoms. The van der Waals surface area contributed by atoms with Gasteiger partial charge in [-0.25, -0.2) is 0 Å². The average Bonchev–Trinajstić information content (AvgIpc) is 2.91. The number of rotatable bonds is 5. The van der Waals surface area contributed by atoms with Crippen LogP contribution in [0.4, 0.5) is 0 Å². The molecule has 1 heterocycles. The first kappa shape index (κ1) is 14.6. The number of para-hydroxylation sites is 1. The minimum atomic E-state index is 0.683. The maximum absolute atomic E-state index is 6.00. The fourth-order valence-corrected chi connectivity index (χ4v) is 3.83. The Morgan fingerprint density at radius 1 is 1.14 bits per heavy atom. The molecule has 0 radical (unpaired) electrons. The largest absolute Gasteiger partial charge is 0.461 e. The van der Waals surface area contributed by atoms with E-state index in [0.29, 0.717) is 6.04 Å². The van der Waals surface area contributed by atoms with E-state index in [1.807, 2.05) is 0 Å². The van der Waals surface area contributed by atoms with Crippen molar-refractivity contribution in [3.63, 3.8) is 0 Å². The van der Waals surface area contributed by atoms with Crippen molar-refractivity contribution in [2.24, 2.45) is 5.92 Å². The Morgan fingerprint density at radius 2 is 1.95 bits per heavy atom. The third-order valence-electron chi connectivity index (χ3n) is 5.08. The molecule has 1 aromatic carbocycles. The van der Waals surface area contributed by atoms with E-state index in [-0.39, 0.29) is 0 Å². The van der Waals surface area contributed by atoms with Gasteiger partial charge in [0.2, 0.25) is 0 Å². The van der Waals surface area contributed by atoms with E-state index < -0.39 is 0 Å². The third kappa shape index (κ3) is 3.01. The summed E-state index contributed by atoms with van der Waals surface area (Å²) in [7, 11) is 0. The minimum Gasteiger partial charge on any atom is -0.461 e. The Labute approximate surface area is 127 Å². The number of fused-ring (bicyclic) bond motifs is 1. The van der Waals surface area contributed by atoms with E-state index in [2.05, 4.69) is 43.4 Å². The van der Waals surface area contributed by atoms with Crippen LogP contribution in [0.2, 0.25) is 0 Å². The van der Waals surface area contributed by atoms with Gasteiger partial charge in [0.15, 0.2) is 0 Å². The first-order valence-electron chi connectivity index (χ1n) is 8.56. The monoisotopic (exact) mass is 285 g/mol. The number of hydrogen-bond acceptors (Lipinski definition) is 2. The Balaban J connectivity index is 1.78. The second-order valence-corrected chi connectivity index (χ2v) is 6.29. The van der Waals surface area contributed by atoms with E-state index in [1.165, 1.54) is 43.1 Å². The smallest absolute Gasteiger partial charge is 0.134 e. The normalized spacial score (nSPS) is 22.8. The van der Waals surface area contributed by atoms with E-state index in [0.717, 1.165) is 30.2 Å². The summed E-state index contributed by atoms with van der Waals surface area (Å²) in [5, 5.41) is 5.11. The highest BCUT2D eigenvalue weighted by atomic mass is 16.3. The molecular weight excluding hydrogens is 258 g/mol. The standard InChI is InChI=1S/C19H27NO/c1-3-14-9-5-7-11-17(14)20-13-16-15-10-6-8-12-19(15)21-18(16)4-2/h6,8,10,12,14,17,20H,3-5,7,9,11,13H2,1-2H3. The first-order chi connectivity index (χ1) is 10.3. The molecule has 114 valence electrons. The summed E-state index contributed by atoms with van der Waals surface area (Å²) in [5.41, 5.74) is 2.40. The number of aryl methyl sites for hydroxylation is 1. The van der Waals surface area contributed by atoms with Gasteiger partial charge in [-0.15, -0.1) is 0 Å². The molecule has 2 atom stereocenters. The molecule has 1 aliphatic rings. The SMILES string of the molecule is CCc1oc2ccccc2c1CNC1CCCCC1CC. The zero-order valence-electron chi connectivity index (χ0n) is 13.3. The summed E-state index contributed by atoms with van der Waals surface area (Å²) >= 11 is 0. The van der Waals surface area contributed by atoms with Crippen molar-refractivity contribution >= 4 is 11.0 Å². The van der Waals surface area contributed by atoms with Crippen molar-refractivity contribution in [1.29, 1.82) is 0 Å². The van der Waals surface area contributed by atoms with Crippen LogP contribution < -0.4 is 5.32 Å². The van der Waals surface area contributed by atoms with Gasteiger partial charge < -0.3 is 9.73 Å². The lowest BCUT2D eigenvalue weighted by atomic mass is 9.83. The molecular formula is C19H27NO. The molecule has 0 aliphatic heterocycles. The molecule has 3 rings (SSSR count). The Morgan fingerprint density at radius 3 is 2.76 bits per heavy atom. The minimum absolute atomic E-state index is 0.683. The van der Waals surface area contributed by atoms with E-state index in [4.69, 9.17) is 4.42 Å². The molecule has 2 heteroatoms. The predicted octanol–water partition coefficient (Wildman–Crippen LogP) is 5.05. The lowest BCUT2D eigenvalue weighted by molar-refractivity contribution is 0.254. The molecule has 0 saturated heterocycles.